The van der Waals surface area contributed by atoms with Crippen LogP contribution in [0.1, 0.15) is 101 Å². The predicted octanol–water partition coefficient (Wildman–Crippen LogP) is 8.04. The molecule has 0 fully saturated rings. The Kier molecular flexibility index (Phi) is 16.3. The fourth-order valence-corrected chi connectivity index (χ4v) is 3.74. The first-order valence-electron chi connectivity index (χ1n) is 13.0. The molecule has 0 heterocycles. The molecule has 184 valence electrons. The second-order valence-corrected chi connectivity index (χ2v) is 8.91. The van der Waals surface area contributed by atoms with Crippen molar-refractivity contribution in [2.45, 2.75) is 85.2 Å². The molecule has 33 heavy (non-hydrogen) atoms. The van der Waals surface area contributed by atoms with Crippen LogP contribution in [0.4, 0.5) is 0 Å². The third-order valence-electron chi connectivity index (χ3n) is 6.22. The van der Waals surface area contributed by atoms with Gasteiger partial charge in [0.1, 0.15) is 6.10 Å². The fraction of sp³-hybridized carbons (Fsp3) is 0.567. The van der Waals surface area contributed by atoms with E-state index < -0.39 is 6.10 Å². The van der Waals surface area contributed by atoms with E-state index in [4.69, 9.17) is 4.74 Å². The maximum Gasteiger partial charge on any atom is 0.195 e. The predicted molar refractivity (Wildman–Crippen MR) is 140 cm³/mol. The SMILES string of the molecule is CCCCC(CC)COCC(CC)CCCC.O=C(c1ccccc1)C(O)c1ccccc1. The molecule has 0 aromatic heterocycles. The van der Waals surface area contributed by atoms with E-state index in [-0.39, 0.29) is 5.78 Å². The zero-order valence-corrected chi connectivity index (χ0v) is 21.3. The number of ketones is 1. The highest BCUT2D eigenvalue weighted by atomic mass is 16.5. The van der Waals surface area contributed by atoms with Gasteiger partial charge in [0.25, 0.3) is 0 Å². The number of ether oxygens (including phenoxy) is 1. The van der Waals surface area contributed by atoms with Gasteiger partial charge < -0.3 is 9.84 Å². The minimum absolute atomic E-state index is 0.271. The molecule has 3 heteroatoms. The largest absolute Gasteiger partial charge is 0.381 e. The molecule has 3 atom stereocenters. The topological polar surface area (TPSA) is 46.5 Å². The summed E-state index contributed by atoms with van der Waals surface area (Å²) in [5.41, 5.74) is 1.15. The number of benzene rings is 2. The van der Waals surface area contributed by atoms with Crippen LogP contribution in [0.5, 0.6) is 0 Å². The number of carbonyl (C=O) groups excluding carboxylic acids is 1. The number of carbonyl (C=O) groups is 1. The van der Waals surface area contributed by atoms with Crippen molar-refractivity contribution in [1.82, 2.24) is 0 Å². The monoisotopic (exact) mass is 454 g/mol. The number of hydrogen-bond donors (Lipinski definition) is 1. The van der Waals surface area contributed by atoms with E-state index in [0.717, 1.165) is 25.0 Å². The second-order valence-electron chi connectivity index (χ2n) is 8.91. The number of hydrogen-bond acceptors (Lipinski definition) is 3. The van der Waals surface area contributed by atoms with E-state index in [1.54, 1.807) is 48.5 Å². The molecule has 0 saturated heterocycles. The van der Waals surface area contributed by atoms with E-state index in [1.165, 1.54) is 51.4 Å². The first kappa shape index (κ1) is 29.1. The maximum absolute atomic E-state index is 11.9. The van der Waals surface area contributed by atoms with Crippen LogP contribution < -0.4 is 0 Å². The van der Waals surface area contributed by atoms with Gasteiger partial charge >= 0.3 is 0 Å². The van der Waals surface area contributed by atoms with Gasteiger partial charge in [0.15, 0.2) is 5.78 Å². The van der Waals surface area contributed by atoms with E-state index in [9.17, 15) is 9.90 Å². The standard InChI is InChI=1S/C16H34O.C14H12O2/c1-5-9-11-15(7-3)13-17-14-16(8-4)12-10-6-2;15-13(11-7-3-1-4-8-11)14(16)12-9-5-2-6-10-12/h15-16H,5-14H2,1-4H3;1-10,13,15H. The Morgan fingerprint density at radius 1 is 0.758 bits per heavy atom. The van der Waals surface area contributed by atoms with Crippen LogP contribution in [0.3, 0.4) is 0 Å². The molecular formula is C30H46O3. The molecule has 0 radical (unpaired) electrons. The van der Waals surface area contributed by atoms with Crippen LogP contribution in [-0.2, 0) is 4.74 Å². The Morgan fingerprint density at radius 2 is 1.21 bits per heavy atom. The van der Waals surface area contributed by atoms with Crippen molar-refractivity contribution in [2.24, 2.45) is 11.8 Å². The quantitative estimate of drug-likeness (QED) is 0.277. The summed E-state index contributed by atoms with van der Waals surface area (Å²) in [6.07, 6.45) is 9.48. The van der Waals surface area contributed by atoms with Crippen LogP contribution in [0.15, 0.2) is 60.7 Å². The third-order valence-corrected chi connectivity index (χ3v) is 6.22. The highest BCUT2D eigenvalue weighted by Gasteiger charge is 2.18. The summed E-state index contributed by atoms with van der Waals surface area (Å²) < 4.78 is 5.93. The van der Waals surface area contributed by atoms with Crippen LogP contribution >= 0.6 is 0 Å². The van der Waals surface area contributed by atoms with Crippen molar-refractivity contribution in [3.63, 3.8) is 0 Å². The molecule has 0 aliphatic rings. The smallest absolute Gasteiger partial charge is 0.195 e. The van der Waals surface area contributed by atoms with Gasteiger partial charge in [0.2, 0.25) is 0 Å². The number of Topliss-reactive ketones (excluding diaryl/α,β-unsaturated/α-hetero) is 1. The first-order valence-corrected chi connectivity index (χ1v) is 13.0. The van der Waals surface area contributed by atoms with E-state index in [0.29, 0.717) is 11.1 Å². The van der Waals surface area contributed by atoms with Crippen molar-refractivity contribution < 1.29 is 14.6 Å². The van der Waals surface area contributed by atoms with Crippen molar-refractivity contribution >= 4 is 5.78 Å². The molecule has 1 N–H and O–H groups in total. The molecule has 3 unspecified atom stereocenters. The van der Waals surface area contributed by atoms with Crippen molar-refractivity contribution in [2.75, 3.05) is 13.2 Å². The molecular weight excluding hydrogens is 408 g/mol. The van der Waals surface area contributed by atoms with Crippen LogP contribution in [-0.4, -0.2) is 24.1 Å². The summed E-state index contributed by atoms with van der Waals surface area (Å²) in [6, 6.07) is 17.7. The normalized spacial score (nSPS) is 13.5. The zero-order valence-electron chi connectivity index (χ0n) is 21.3. The molecule has 0 aliphatic carbocycles. The van der Waals surface area contributed by atoms with Gasteiger partial charge in [-0.05, 0) is 30.2 Å². The van der Waals surface area contributed by atoms with Crippen molar-refractivity contribution in [1.29, 1.82) is 0 Å². The maximum atomic E-state index is 11.9. The van der Waals surface area contributed by atoms with Crippen molar-refractivity contribution in [3.8, 4) is 0 Å². The third kappa shape index (κ3) is 12.2. The minimum Gasteiger partial charge on any atom is -0.381 e. The molecule has 2 aromatic carbocycles. The Morgan fingerprint density at radius 3 is 1.64 bits per heavy atom. The van der Waals surface area contributed by atoms with Gasteiger partial charge in [-0.1, -0.05) is 127 Å². The second kappa shape index (κ2) is 18.5. The van der Waals surface area contributed by atoms with Crippen molar-refractivity contribution in [3.05, 3.63) is 71.8 Å². The number of aliphatic hydroxyl groups is 1. The molecule has 2 rings (SSSR count). The van der Waals surface area contributed by atoms with Gasteiger partial charge in [0.05, 0.1) is 0 Å². The highest BCUT2D eigenvalue weighted by Crippen LogP contribution is 2.18. The van der Waals surface area contributed by atoms with E-state index >= 15 is 0 Å². The number of rotatable bonds is 15. The fourth-order valence-electron chi connectivity index (χ4n) is 3.74. The minimum atomic E-state index is -1.08. The summed E-state index contributed by atoms with van der Waals surface area (Å²) in [5.74, 6) is 1.31. The number of unbranched alkanes of at least 4 members (excludes halogenated alkanes) is 2. The molecule has 0 aliphatic heterocycles. The van der Waals surface area contributed by atoms with Gasteiger partial charge in [-0.3, -0.25) is 4.79 Å². The number of aliphatic hydroxyl groups excluding tert-OH is 1. The van der Waals surface area contributed by atoms with Gasteiger partial charge in [0, 0.05) is 18.8 Å². The summed E-state index contributed by atoms with van der Waals surface area (Å²) in [7, 11) is 0. The molecule has 3 nitrogen and oxygen atoms in total. The molecule has 0 spiro atoms. The Bertz CT molecular complexity index is 698. The molecule has 0 amide bonds. The average molecular weight is 455 g/mol. The van der Waals surface area contributed by atoms with E-state index in [2.05, 4.69) is 27.7 Å². The highest BCUT2D eigenvalue weighted by molar-refractivity contribution is 5.99. The van der Waals surface area contributed by atoms with Gasteiger partial charge in [-0.15, -0.1) is 0 Å². The summed E-state index contributed by atoms with van der Waals surface area (Å²) >= 11 is 0. The van der Waals surface area contributed by atoms with E-state index in [1.807, 2.05) is 12.1 Å². The molecule has 0 bridgehead atoms. The van der Waals surface area contributed by atoms with Crippen LogP contribution in [0.25, 0.3) is 0 Å². The molecule has 0 saturated carbocycles. The summed E-state index contributed by atoms with van der Waals surface area (Å²) in [4.78, 5) is 11.9. The lowest BCUT2D eigenvalue weighted by atomic mass is 9.99. The summed E-state index contributed by atoms with van der Waals surface area (Å²) in [5, 5.41) is 9.89. The Labute approximate surface area is 202 Å². The van der Waals surface area contributed by atoms with Crippen LogP contribution in [0, 0.1) is 11.8 Å². The van der Waals surface area contributed by atoms with Gasteiger partial charge in [-0.25, -0.2) is 0 Å². The lowest BCUT2D eigenvalue weighted by Gasteiger charge is -2.18. The Hall–Kier alpha value is -1.97. The van der Waals surface area contributed by atoms with Crippen LogP contribution in [0.2, 0.25) is 0 Å². The van der Waals surface area contributed by atoms with Gasteiger partial charge in [-0.2, -0.15) is 0 Å². The lowest BCUT2D eigenvalue weighted by Crippen LogP contribution is -2.14. The lowest BCUT2D eigenvalue weighted by molar-refractivity contribution is 0.0630. The zero-order chi connectivity index (χ0) is 24.3. The average Bonchev–Trinajstić information content (AvgIpc) is 2.88. The first-order chi connectivity index (χ1) is 16.1. The summed E-state index contributed by atoms with van der Waals surface area (Å²) in [6.45, 7) is 11.1. The molecule has 2 aromatic rings. The Balaban J connectivity index is 0.000000330.